The van der Waals surface area contributed by atoms with Crippen molar-refractivity contribution in [2.24, 2.45) is 0 Å². The van der Waals surface area contributed by atoms with E-state index in [1.54, 1.807) is 0 Å². The van der Waals surface area contributed by atoms with E-state index in [1.807, 2.05) is 0 Å². The number of fused-ring (bicyclic) bond motifs is 2. The third-order valence-corrected chi connectivity index (χ3v) is 6.05. The van der Waals surface area contributed by atoms with Crippen LogP contribution in [0.2, 0.25) is 0 Å². The van der Waals surface area contributed by atoms with Crippen molar-refractivity contribution in [3.63, 3.8) is 0 Å². The largest absolute Gasteiger partial charge is 0.326 e. The van der Waals surface area contributed by atoms with Gasteiger partial charge in [0.25, 0.3) is 0 Å². The van der Waals surface area contributed by atoms with Crippen LogP contribution in [0.5, 0.6) is 0 Å². The molecule has 142 valence electrons. The molecule has 4 nitrogen and oxygen atoms in total. The summed E-state index contributed by atoms with van der Waals surface area (Å²) in [5, 5.41) is 0. The van der Waals surface area contributed by atoms with Crippen molar-refractivity contribution >= 4 is 11.4 Å². The molecule has 4 heterocycles. The van der Waals surface area contributed by atoms with E-state index >= 15 is 0 Å². The summed E-state index contributed by atoms with van der Waals surface area (Å²) in [7, 11) is 0. The fourth-order valence-electron chi connectivity index (χ4n) is 4.50. The maximum absolute atomic E-state index is 2.39. The first-order valence-corrected chi connectivity index (χ1v) is 9.92. The summed E-state index contributed by atoms with van der Waals surface area (Å²) in [5.74, 6) is 0. The van der Waals surface area contributed by atoms with Gasteiger partial charge in [-0.05, 0) is 75.3 Å². The molecule has 1 aromatic rings. The second-order valence-electron chi connectivity index (χ2n) is 7.83. The van der Waals surface area contributed by atoms with Gasteiger partial charge in [0.2, 0.25) is 0 Å². The van der Waals surface area contributed by atoms with Crippen LogP contribution in [0.4, 0.5) is 11.4 Å². The second-order valence-corrected chi connectivity index (χ2v) is 7.83. The van der Waals surface area contributed by atoms with Crippen molar-refractivity contribution in [1.29, 1.82) is 0 Å². The van der Waals surface area contributed by atoms with Gasteiger partial charge < -0.3 is 19.6 Å². The van der Waals surface area contributed by atoms with Gasteiger partial charge in [0, 0.05) is 36.2 Å². The lowest BCUT2D eigenvalue weighted by atomic mass is 10.1. The molecule has 28 heavy (non-hydrogen) atoms. The molecule has 4 aliphatic heterocycles. The lowest BCUT2D eigenvalue weighted by molar-refractivity contribution is 0.401. The standard InChI is InChI=1S/C24H26N4/c1-17-13-23(27-15-21-9-5-7-11-25(21)19(27)3)18(2)24(14-17)28-16-22-10-6-8-12-26(22)20(28)4/h5-16,19-20H,1-4H3/t19-,20+. The normalized spacial score (nSPS) is 24.7. The summed E-state index contributed by atoms with van der Waals surface area (Å²) < 4.78 is 0. The molecule has 0 radical (unpaired) electrons. The summed E-state index contributed by atoms with van der Waals surface area (Å²) in [5.41, 5.74) is 7.60. The highest BCUT2D eigenvalue weighted by Gasteiger charge is 2.32. The molecule has 0 saturated carbocycles. The van der Waals surface area contributed by atoms with Crippen LogP contribution in [0, 0.1) is 13.8 Å². The predicted octanol–water partition coefficient (Wildman–Crippen LogP) is 5.09. The average molecular weight is 371 g/mol. The highest BCUT2D eigenvalue weighted by Crippen LogP contribution is 2.40. The van der Waals surface area contributed by atoms with Crippen molar-refractivity contribution in [1.82, 2.24) is 9.80 Å². The van der Waals surface area contributed by atoms with E-state index in [4.69, 9.17) is 0 Å². The minimum absolute atomic E-state index is 0.260. The van der Waals surface area contributed by atoms with Gasteiger partial charge in [-0.15, -0.1) is 0 Å². The van der Waals surface area contributed by atoms with Crippen molar-refractivity contribution in [3.8, 4) is 0 Å². The molecule has 4 heteroatoms. The number of anilines is 2. The van der Waals surface area contributed by atoms with Gasteiger partial charge in [-0.3, -0.25) is 0 Å². The Bertz CT molecular complexity index is 930. The topological polar surface area (TPSA) is 13.0 Å². The molecule has 0 amide bonds. The number of hydrogen-bond acceptors (Lipinski definition) is 4. The number of hydrogen-bond donors (Lipinski definition) is 0. The monoisotopic (exact) mass is 370 g/mol. The highest BCUT2D eigenvalue weighted by molar-refractivity contribution is 5.73. The Morgan fingerprint density at radius 3 is 1.54 bits per heavy atom. The minimum Gasteiger partial charge on any atom is -0.326 e. The number of benzene rings is 1. The third-order valence-electron chi connectivity index (χ3n) is 6.05. The maximum Gasteiger partial charge on any atom is 0.107 e. The molecule has 5 rings (SSSR count). The van der Waals surface area contributed by atoms with Crippen LogP contribution < -0.4 is 9.80 Å². The van der Waals surface area contributed by atoms with Crippen molar-refractivity contribution in [3.05, 3.63) is 95.9 Å². The van der Waals surface area contributed by atoms with Crippen LogP contribution in [0.1, 0.15) is 25.0 Å². The molecular formula is C24H26N4. The Balaban J connectivity index is 1.57. The third kappa shape index (κ3) is 2.44. The number of nitrogens with zero attached hydrogens (tertiary/aromatic N) is 4. The zero-order valence-electron chi connectivity index (χ0n) is 16.9. The summed E-state index contributed by atoms with van der Waals surface area (Å²) in [6.07, 6.45) is 22.1. The molecule has 0 fully saturated rings. The molecule has 0 spiro atoms. The van der Waals surface area contributed by atoms with Crippen LogP contribution in [-0.2, 0) is 0 Å². The van der Waals surface area contributed by atoms with E-state index in [1.165, 1.54) is 33.9 Å². The fourth-order valence-corrected chi connectivity index (χ4v) is 4.50. The first-order valence-electron chi connectivity index (χ1n) is 9.92. The Labute approximate surface area is 167 Å². The van der Waals surface area contributed by atoms with Gasteiger partial charge >= 0.3 is 0 Å². The van der Waals surface area contributed by atoms with E-state index in [9.17, 15) is 0 Å². The van der Waals surface area contributed by atoms with Gasteiger partial charge in [-0.25, -0.2) is 0 Å². The van der Waals surface area contributed by atoms with E-state index in [0.717, 1.165) is 0 Å². The van der Waals surface area contributed by atoms with Gasteiger partial charge in [0.1, 0.15) is 12.3 Å². The zero-order valence-corrected chi connectivity index (χ0v) is 16.9. The number of rotatable bonds is 2. The predicted molar refractivity (Wildman–Crippen MR) is 116 cm³/mol. The number of allylic oxidation sites excluding steroid dienone is 6. The van der Waals surface area contributed by atoms with Crippen LogP contribution in [0.25, 0.3) is 0 Å². The van der Waals surface area contributed by atoms with Crippen molar-refractivity contribution in [2.45, 2.75) is 40.0 Å². The molecule has 0 N–H and O–H groups in total. The van der Waals surface area contributed by atoms with E-state index in [2.05, 4.69) is 121 Å². The molecular weight excluding hydrogens is 344 g/mol. The molecule has 0 bridgehead atoms. The Morgan fingerprint density at radius 2 is 1.11 bits per heavy atom. The summed E-state index contributed by atoms with van der Waals surface area (Å²) in [6.45, 7) is 8.94. The zero-order chi connectivity index (χ0) is 19.4. The van der Waals surface area contributed by atoms with Crippen molar-refractivity contribution < 1.29 is 0 Å². The minimum atomic E-state index is 0.260. The van der Waals surface area contributed by atoms with E-state index in [-0.39, 0.29) is 12.3 Å². The second kappa shape index (κ2) is 6.20. The molecule has 0 saturated heterocycles. The average Bonchev–Trinajstić information content (AvgIpc) is 3.21. The smallest absolute Gasteiger partial charge is 0.107 e. The first kappa shape index (κ1) is 17.0. The summed E-state index contributed by atoms with van der Waals surface area (Å²) in [4.78, 5) is 9.42. The molecule has 4 aliphatic rings. The maximum atomic E-state index is 2.39. The molecule has 0 aliphatic carbocycles. The van der Waals surface area contributed by atoms with E-state index < -0.39 is 0 Å². The van der Waals surface area contributed by atoms with Crippen LogP contribution in [0.3, 0.4) is 0 Å². The Hall–Kier alpha value is -3.14. The lowest BCUT2D eigenvalue weighted by Crippen LogP contribution is -2.36. The molecule has 2 atom stereocenters. The van der Waals surface area contributed by atoms with Gasteiger partial charge in [0.05, 0.1) is 11.4 Å². The van der Waals surface area contributed by atoms with Gasteiger partial charge in [-0.1, -0.05) is 12.2 Å². The summed E-state index contributed by atoms with van der Waals surface area (Å²) in [6, 6.07) is 4.61. The molecule has 0 aromatic heterocycles. The Kier molecular flexibility index (Phi) is 3.76. The van der Waals surface area contributed by atoms with Crippen LogP contribution in [0.15, 0.2) is 84.8 Å². The molecule has 0 unspecified atom stereocenters. The van der Waals surface area contributed by atoms with Gasteiger partial charge in [0.15, 0.2) is 0 Å². The van der Waals surface area contributed by atoms with Gasteiger partial charge in [-0.2, -0.15) is 0 Å². The fraction of sp³-hybridized carbons (Fsp3) is 0.250. The lowest BCUT2D eigenvalue weighted by Gasteiger charge is -2.34. The SMILES string of the molecule is Cc1cc(N2C=C3C=CC=CN3[C@H]2C)c(C)c(N2C=C3C=CC=CN3[C@@H]2C)c1. The van der Waals surface area contributed by atoms with Crippen LogP contribution >= 0.6 is 0 Å². The van der Waals surface area contributed by atoms with E-state index in [0.29, 0.717) is 0 Å². The highest BCUT2D eigenvalue weighted by atomic mass is 15.4. The van der Waals surface area contributed by atoms with Crippen LogP contribution in [-0.4, -0.2) is 22.1 Å². The quantitative estimate of drug-likeness (QED) is 0.719. The van der Waals surface area contributed by atoms with Crippen molar-refractivity contribution in [2.75, 3.05) is 9.80 Å². The number of aryl methyl sites for hydroxylation is 1. The Morgan fingerprint density at radius 1 is 0.643 bits per heavy atom. The summed E-state index contributed by atoms with van der Waals surface area (Å²) >= 11 is 0. The first-order chi connectivity index (χ1) is 13.5. The molecule has 1 aromatic carbocycles.